The van der Waals surface area contributed by atoms with Crippen molar-refractivity contribution in [3.63, 3.8) is 0 Å². The van der Waals surface area contributed by atoms with Crippen LogP contribution in [-0.2, 0) is 9.84 Å². The summed E-state index contributed by atoms with van der Waals surface area (Å²) in [6.07, 6.45) is 1.15. The van der Waals surface area contributed by atoms with Gasteiger partial charge in [-0.05, 0) is 49.5 Å². The summed E-state index contributed by atoms with van der Waals surface area (Å²) in [4.78, 5) is 17.2. The van der Waals surface area contributed by atoms with E-state index in [1.807, 2.05) is 7.05 Å². The lowest BCUT2D eigenvalue weighted by Gasteiger charge is -2.31. The molecule has 3 aromatic rings. The highest BCUT2D eigenvalue weighted by atomic mass is 32.2. The summed E-state index contributed by atoms with van der Waals surface area (Å²) in [5, 5.41) is 4.52. The van der Waals surface area contributed by atoms with Crippen LogP contribution in [0.1, 0.15) is 10.5 Å². The zero-order chi connectivity index (χ0) is 22.2. The molecular weight excluding hydrogens is 419 g/mol. The van der Waals surface area contributed by atoms with Crippen molar-refractivity contribution in [3.05, 3.63) is 66.1 Å². The molecule has 0 atom stereocenters. The third-order valence-corrected chi connectivity index (χ3v) is 6.50. The molecule has 1 aromatic heterocycles. The van der Waals surface area contributed by atoms with Crippen molar-refractivity contribution in [1.29, 1.82) is 0 Å². The van der Waals surface area contributed by atoms with Crippen LogP contribution in [0, 0.1) is 5.82 Å². The fourth-order valence-electron chi connectivity index (χ4n) is 3.51. The Labute approximate surface area is 180 Å². The summed E-state index contributed by atoms with van der Waals surface area (Å²) in [6, 6.07) is 13.9. The van der Waals surface area contributed by atoms with Crippen LogP contribution in [0.15, 0.2) is 59.5 Å². The fraction of sp³-hybridized carbons (Fsp3) is 0.273. The summed E-state index contributed by atoms with van der Waals surface area (Å²) in [6.45, 7) is 2.84. The fourth-order valence-corrected chi connectivity index (χ4v) is 4.15. The first-order valence-electron chi connectivity index (χ1n) is 9.87. The first-order valence-corrected chi connectivity index (χ1v) is 11.8. The van der Waals surface area contributed by atoms with Crippen LogP contribution in [0.5, 0.6) is 0 Å². The number of hydrogen-bond acceptors (Lipinski definition) is 5. The predicted molar refractivity (Wildman–Crippen MR) is 115 cm³/mol. The summed E-state index contributed by atoms with van der Waals surface area (Å²) >= 11 is 0. The Bertz CT molecular complexity index is 1200. The molecule has 162 valence electrons. The summed E-state index contributed by atoms with van der Waals surface area (Å²) in [7, 11) is -1.31. The number of amides is 1. The van der Waals surface area contributed by atoms with E-state index in [-0.39, 0.29) is 22.3 Å². The van der Waals surface area contributed by atoms with E-state index in [1.165, 1.54) is 24.3 Å². The second kappa shape index (κ2) is 8.24. The molecule has 1 saturated heterocycles. The number of aromatic nitrogens is 2. The molecule has 1 aliphatic rings. The SMILES string of the molecule is CN1CCN(C(=O)c2cc(-c3ccc(S(C)(=O)=O)cc3)n(-c3ccc(F)cc3)n2)CC1. The zero-order valence-electron chi connectivity index (χ0n) is 17.3. The van der Waals surface area contributed by atoms with Crippen molar-refractivity contribution < 1.29 is 17.6 Å². The maximum Gasteiger partial charge on any atom is 0.274 e. The number of hydrogen-bond donors (Lipinski definition) is 0. The summed E-state index contributed by atoms with van der Waals surface area (Å²) < 4.78 is 38.6. The van der Waals surface area contributed by atoms with E-state index >= 15 is 0 Å². The average Bonchev–Trinajstić information content (AvgIpc) is 3.19. The standard InChI is InChI=1S/C22H23FN4O3S/c1-25-11-13-26(14-12-25)22(28)20-15-21(16-3-9-19(10-4-16)31(2,29)30)27(24-20)18-7-5-17(23)6-8-18/h3-10,15H,11-14H2,1-2H3. The molecule has 1 amide bonds. The molecule has 1 fully saturated rings. The molecule has 2 heterocycles. The van der Waals surface area contributed by atoms with Gasteiger partial charge >= 0.3 is 0 Å². The van der Waals surface area contributed by atoms with Gasteiger partial charge in [0.1, 0.15) is 5.82 Å². The number of halogens is 1. The molecule has 9 heteroatoms. The molecule has 0 spiro atoms. The molecule has 4 rings (SSSR count). The molecule has 7 nitrogen and oxygen atoms in total. The van der Waals surface area contributed by atoms with Gasteiger partial charge in [0.2, 0.25) is 0 Å². The first-order chi connectivity index (χ1) is 14.7. The Morgan fingerprint density at radius 2 is 1.58 bits per heavy atom. The maximum atomic E-state index is 13.4. The Balaban J connectivity index is 1.75. The Hall–Kier alpha value is -3.04. The van der Waals surface area contributed by atoms with E-state index in [4.69, 9.17) is 0 Å². The van der Waals surface area contributed by atoms with Gasteiger partial charge in [-0.1, -0.05) is 12.1 Å². The second-order valence-electron chi connectivity index (χ2n) is 7.70. The van der Waals surface area contributed by atoms with E-state index in [1.54, 1.807) is 39.9 Å². The number of likely N-dealkylation sites (N-methyl/N-ethyl adjacent to an activating group) is 1. The zero-order valence-corrected chi connectivity index (χ0v) is 18.1. The summed E-state index contributed by atoms with van der Waals surface area (Å²) in [5.41, 5.74) is 2.20. The first kappa shape index (κ1) is 21.2. The van der Waals surface area contributed by atoms with Gasteiger partial charge in [0.25, 0.3) is 5.91 Å². The van der Waals surface area contributed by atoms with Gasteiger partial charge < -0.3 is 9.80 Å². The van der Waals surface area contributed by atoms with Crippen molar-refractivity contribution in [2.45, 2.75) is 4.90 Å². The largest absolute Gasteiger partial charge is 0.335 e. The van der Waals surface area contributed by atoms with E-state index in [9.17, 15) is 17.6 Å². The number of carbonyl (C=O) groups is 1. The molecule has 31 heavy (non-hydrogen) atoms. The van der Waals surface area contributed by atoms with Crippen LogP contribution < -0.4 is 0 Å². The van der Waals surface area contributed by atoms with E-state index < -0.39 is 9.84 Å². The third-order valence-electron chi connectivity index (χ3n) is 5.37. The highest BCUT2D eigenvalue weighted by Crippen LogP contribution is 2.26. The smallest absolute Gasteiger partial charge is 0.274 e. The van der Waals surface area contributed by atoms with Crippen molar-refractivity contribution in [2.75, 3.05) is 39.5 Å². The quantitative estimate of drug-likeness (QED) is 0.621. The minimum atomic E-state index is -3.32. The van der Waals surface area contributed by atoms with Gasteiger partial charge in [-0.25, -0.2) is 17.5 Å². The topological polar surface area (TPSA) is 75.5 Å². The van der Waals surface area contributed by atoms with Crippen LogP contribution in [0.3, 0.4) is 0 Å². The third kappa shape index (κ3) is 4.52. The van der Waals surface area contributed by atoms with Gasteiger partial charge in [-0.3, -0.25) is 4.79 Å². The minimum absolute atomic E-state index is 0.164. The van der Waals surface area contributed by atoms with Crippen molar-refractivity contribution in [2.24, 2.45) is 0 Å². The molecule has 2 aromatic carbocycles. The van der Waals surface area contributed by atoms with Crippen molar-refractivity contribution >= 4 is 15.7 Å². The normalized spacial score (nSPS) is 15.3. The van der Waals surface area contributed by atoms with Crippen LogP contribution in [-0.4, -0.2) is 73.4 Å². The maximum absolute atomic E-state index is 13.4. The number of nitrogens with zero attached hydrogens (tertiary/aromatic N) is 4. The molecule has 0 radical (unpaired) electrons. The number of piperazine rings is 1. The average molecular weight is 443 g/mol. The van der Waals surface area contributed by atoms with E-state index in [2.05, 4.69) is 10.00 Å². The minimum Gasteiger partial charge on any atom is -0.335 e. The van der Waals surface area contributed by atoms with Gasteiger partial charge in [0, 0.05) is 38.0 Å². The van der Waals surface area contributed by atoms with Crippen molar-refractivity contribution in [3.8, 4) is 16.9 Å². The van der Waals surface area contributed by atoms with Gasteiger partial charge in [-0.15, -0.1) is 0 Å². The lowest BCUT2D eigenvalue weighted by atomic mass is 10.1. The van der Waals surface area contributed by atoms with E-state index in [0.29, 0.717) is 30.0 Å². The Morgan fingerprint density at radius 3 is 2.16 bits per heavy atom. The van der Waals surface area contributed by atoms with Crippen LogP contribution in [0.2, 0.25) is 0 Å². The number of carbonyl (C=O) groups excluding carboxylic acids is 1. The van der Waals surface area contributed by atoms with Gasteiger partial charge in [-0.2, -0.15) is 5.10 Å². The summed E-state index contributed by atoms with van der Waals surface area (Å²) in [5.74, 6) is -0.535. The number of benzene rings is 2. The van der Waals surface area contributed by atoms with Crippen LogP contribution >= 0.6 is 0 Å². The highest BCUT2D eigenvalue weighted by Gasteiger charge is 2.24. The Morgan fingerprint density at radius 1 is 0.968 bits per heavy atom. The lowest BCUT2D eigenvalue weighted by Crippen LogP contribution is -2.47. The molecular formula is C22H23FN4O3S. The van der Waals surface area contributed by atoms with Gasteiger partial charge in [0.15, 0.2) is 15.5 Å². The molecule has 0 unspecified atom stereocenters. The monoisotopic (exact) mass is 442 g/mol. The van der Waals surface area contributed by atoms with Crippen LogP contribution in [0.4, 0.5) is 4.39 Å². The van der Waals surface area contributed by atoms with Gasteiger partial charge in [0.05, 0.1) is 16.3 Å². The molecule has 1 aliphatic heterocycles. The van der Waals surface area contributed by atoms with Crippen molar-refractivity contribution in [1.82, 2.24) is 19.6 Å². The van der Waals surface area contributed by atoms with Crippen LogP contribution in [0.25, 0.3) is 16.9 Å². The highest BCUT2D eigenvalue weighted by molar-refractivity contribution is 7.90. The number of sulfone groups is 1. The predicted octanol–water partition coefficient (Wildman–Crippen LogP) is 2.47. The molecule has 0 aliphatic carbocycles. The molecule has 0 bridgehead atoms. The van der Waals surface area contributed by atoms with E-state index in [0.717, 1.165) is 19.3 Å². The number of rotatable bonds is 4. The second-order valence-corrected chi connectivity index (χ2v) is 9.71. The lowest BCUT2D eigenvalue weighted by molar-refractivity contribution is 0.0657. The molecule has 0 saturated carbocycles. The Kier molecular flexibility index (Phi) is 5.63. The molecule has 0 N–H and O–H groups in total.